The summed E-state index contributed by atoms with van der Waals surface area (Å²) in [7, 11) is 0. The quantitative estimate of drug-likeness (QED) is 0.696. The molecule has 2 aromatic carbocycles. The highest BCUT2D eigenvalue weighted by Gasteiger charge is 2.27. The number of hydrogen-bond acceptors (Lipinski definition) is 4. The summed E-state index contributed by atoms with van der Waals surface area (Å²) in [6.07, 6.45) is 0.992. The number of imidazole rings is 1. The van der Waals surface area contributed by atoms with Gasteiger partial charge in [0.25, 0.3) is 0 Å². The number of carbonyl (C=O) groups is 2. The minimum absolute atomic E-state index is 0.0297. The molecule has 1 aliphatic rings. The number of rotatable bonds is 6. The zero-order chi connectivity index (χ0) is 20.2. The Hall–Kier alpha value is -3.35. The lowest BCUT2D eigenvalue weighted by atomic mass is 9.97. The van der Waals surface area contributed by atoms with Gasteiger partial charge in [-0.2, -0.15) is 0 Å². The summed E-state index contributed by atoms with van der Waals surface area (Å²) in [5.74, 6) is 0.260. The number of para-hydroxylation sites is 3. The number of piperidine rings is 1. The van der Waals surface area contributed by atoms with Crippen LogP contribution >= 0.6 is 0 Å². The van der Waals surface area contributed by atoms with Crippen molar-refractivity contribution >= 4 is 22.9 Å². The van der Waals surface area contributed by atoms with E-state index in [1.54, 1.807) is 4.90 Å². The van der Waals surface area contributed by atoms with Gasteiger partial charge in [0.05, 0.1) is 17.0 Å². The topological polar surface area (TPSA) is 84.7 Å². The van der Waals surface area contributed by atoms with Crippen molar-refractivity contribution in [1.29, 1.82) is 0 Å². The number of fused-ring (bicyclic) bond motifs is 1. The molecule has 1 saturated heterocycles. The van der Waals surface area contributed by atoms with Crippen molar-refractivity contribution < 1.29 is 19.4 Å². The molecular formula is C22H23N3O4. The highest BCUT2D eigenvalue weighted by Crippen LogP contribution is 2.21. The van der Waals surface area contributed by atoms with Gasteiger partial charge in [0.2, 0.25) is 5.91 Å². The van der Waals surface area contributed by atoms with E-state index in [4.69, 9.17) is 9.84 Å². The molecule has 0 saturated carbocycles. The van der Waals surface area contributed by atoms with Crippen molar-refractivity contribution in [3.05, 3.63) is 60.4 Å². The van der Waals surface area contributed by atoms with Crippen LogP contribution in [0.5, 0.6) is 5.75 Å². The van der Waals surface area contributed by atoms with Gasteiger partial charge in [0, 0.05) is 13.1 Å². The number of hydrogen-bond donors (Lipinski definition) is 1. The van der Waals surface area contributed by atoms with E-state index in [9.17, 15) is 9.59 Å². The van der Waals surface area contributed by atoms with Gasteiger partial charge >= 0.3 is 5.97 Å². The Labute approximate surface area is 168 Å². The first kappa shape index (κ1) is 19.0. The van der Waals surface area contributed by atoms with E-state index in [-0.39, 0.29) is 25.0 Å². The summed E-state index contributed by atoms with van der Waals surface area (Å²) in [5, 5.41) is 9.15. The molecule has 7 nitrogen and oxygen atoms in total. The number of benzene rings is 2. The molecule has 1 N–H and O–H groups in total. The van der Waals surface area contributed by atoms with Crippen molar-refractivity contribution in [3.63, 3.8) is 0 Å². The van der Waals surface area contributed by atoms with Gasteiger partial charge in [0.1, 0.15) is 24.7 Å². The molecule has 0 atom stereocenters. The number of carboxylic acid groups (broad SMARTS) is 1. The molecule has 1 aliphatic heterocycles. The number of amides is 1. The standard InChI is InChI=1S/C22H23N3O4/c26-21(24-12-10-16(11-13-24)22(27)28)14-25-19-9-5-4-8-18(19)23-20(25)15-29-17-6-2-1-3-7-17/h1-9,16H,10-15H2,(H,27,28). The molecule has 7 heteroatoms. The predicted molar refractivity (Wildman–Crippen MR) is 107 cm³/mol. The fraction of sp³-hybridized carbons (Fsp3) is 0.318. The fourth-order valence-electron chi connectivity index (χ4n) is 3.69. The monoisotopic (exact) mass is 393 g/mol. The first-order valence-corrected chi connectivity index (χ1v) is 9.74. The molecule has 29 heavy (non-hydrogen) atoms. The Bertz CT molecular complexity index is 1010. The molecule has 3 aromatic rings. The summed E-state index contributed by atoms with van der Waals surface area (Å²) in [4.78, 5) is 30.4. The maximum absolute atomic E-state index is 12.9. The molecule has 2 heterocycles. The van der Waals surface area contributed by atoms with E-state index in [1.807, 2.05) is 59.2 Å². The molecular weight excluding hydrogens is 370 g/mol. The zero-order valence-corrected chi connectivity index (χ0v) is 16.0. The van der Waals surface area contributed by atoms with Crippen LogP contribution < -0.4 is 4.74 Å². The average Bonchev–Trinajstić information content (AvgIpc) is 3.10. The molecule has 0 aliphatic carbocycles. The summed E-state index contributed by atoms with van der Waals surface area (Å²) in [5.41, 5.74) is 1.70. The molecule has 150 valence electrons. The lowest BCUT2D eigenvalue weighted by Gasteiger charge is -2.30. The zero-order valence-electron chi connectivity index (χ0n) is 16.0. The third kappa shape index (κ3) is 4.23. The van der Waals surface area contributed by atoms with Gasteiger partial charge in [-0.15, -0.1) is 0 Å². The van der Waals surface area contributed by atoms with Crippen LogP contribution in [0.15, 0.2) is 54.6 Å². The third-order valence-corrected chi connectivity index (χ3v) is 5.34. The Morgan fingerprint density at radius 3 is 2.45 bits per heavy atom. The van der Waals surface area contributed by atoms with E-state index >= 15 is 0 Å². The van der Waals surface area contributed by atoms with Crippen LogP contribution in [0.25, 0.3) is 11.0 Å². The van der Waals surface area contributed by atoms with E-state index in [1.165, 1.54) is 0 Å². The van der Waals surface area contributed by atoms with Crippen LogP contribution in [0.1, 0.15) is 18.7 Å². The van der Waals surface area contributed by atoms with Gasteiger partial charge in [-0.3, -0.25) is 9.59 Å². The van der Waals surface area contributed by atoms with Crippen LogP contribution in [0, 0.1) is 5.92 Å². The number of carboxylic acids is 1. The second-order valence-corrected chi connectivity index (χ2v) is 7.20. The SMILES string of the molecule is O=C(O)C1CCN(C(=O)Cn2c(COc3ccccc3)nc3ccccc32)CC1. The molecule has 0 unspecified atom stereocenters. The van der Waals surface area contributed by atoms with E-state index in [2.05, 4.69) is 4.98 Å². The van der Waals surface area contributed by atoms with Gasteiger partial charge in [-0.1, -0.05) is 30.3 Å². The van der Waals surface area contributed by atoms with Gasteiger partial charge in [0.15, 0.2) is 0 Å². The lowest BCUT2D eigenvalue weighted by Crippen LogP contribution is -2.41. The smallest absolute Gasteiger partial charge is 0.306 e. The summed E-state index contributed by atoms with van der Waals surface area (Å²) in [6.45, 7) is 1.36. The fourth-order valence-corrected chi connectivity index (χ4v) is 3.69. The minimum Gasteiger partial charge on any atom is -0.486 e. The van der Waals surface area contributed by atoms with Crippen molar-refractivity contribution in [2.45, 2.75) is 26.0 Å². The van der Waals surface area contributed by atoms with Gasteiger partial charge < -0.3 is 19.3 Å². The second-order valence-electron chi connectivity index (χ2n) is 7.20. The maximum atomic E-state index is 12.9. The van der Waals surface area contributed by atoms with E-state index in [0.29, 0.717) is 31.8 Å². The number of aliphatic carboxylic acids is 1. The van der Waals surface area contributed by atoms with Crippen LogP contribution in [0.3, 0.4) is 0 Å². The second kappa shape index (κ2) is 8.34. The summed E-state index contributed by atoms with van der Waals surface area (Å²) in [6, 6.07) is 17.2. The van der Waals surface area contributed by atoms with Crippen molar-refractivity contribution in [2.75, 3.05) is 13.1 Å². The Balaban J connectivity index is 1.51. The Kier molecular flexibility index (Phi) is 5.46. The van der Waals surface area contributed by atoms with E-state index < -0.39 is 5.97 Å². The molecule has 0 bridgehead atoms. The highest BCUT2D eigenvalue weighted by atomic mass is 16.5. The highest BCUT2D eigenvalue weighted by molar-refractivity contribution is 5.81. The van der Waals surface area contributed by atoms with Crippen LogP contribution in [-0.2, 0) is 22.7 Å². The van der Waals surface area contributed by atoms with Crippen molar-refractivity contribution in [2.24, 2.45) is 5.92 Å². The average molecular weight is 393 g/mol. The summed E-state index contributed by atoms with van der Waals surface area (Å²) < 4.78 is 7.75. The summed E-state index contributed by atoms with van der Waals surface area (Å²) >= 11 is 0. The minimum atomic E-state index is -0.780. The Morgan fingerprint density at radius 1 is 1.03 bits per heavy atom. The largest absolute Gasteiger partial charge is 0.486 e. The number of ether oxygens (including phenoxy) is 1. The van der Waals surface area contributed by atoms with E-state index in [0.717, 1.165) is 16.8 Å². The van der Waals surface area contributed by atoms with Crippen LogP contribution in [0.4, 0.5) is 0 Å². The number of nitrogens with zero attached hydrogens (tertiary/aromatic N) is 3. The maximum Gasteiger partial charge on any atom is 0.306 e. The Morgan fingerprint density at radius 2 is 1.72 bits per heavy atom. The number of likely N-dealkylation sites (tertiary alicyclic amines) is 1. The van der Waals surface area contributed by atoms with Gasteiger partial charge in [-0.05, 0) is 37.1 Å². The lowest BCUT2D eigenvalue weighted by molar-refractivity contribution is -0.145. The van der Waals surface area contributed by atoms with Gasteiger partial charge in [-0.25, -0.2) is 4.98 Å². The van der Waals surface area contributed by atoms with Crippen molar-refractivity contribution in [3.8, 4) is 5.75 Å². The predicted octanol–water partition coefficient (Wildman–Crippen LogP) is 2.94. The molecule has 1 fully saturated rings. The molecule has 4 rings (SSSR count). The number of aromatic nitrogens is 2. The molecule has 0 spiro atoms. The first-order valence-electron chi connectivity index (χ1n) is 9.74. The molecule has 1 amide bonds. The van der Waals surface area contributed by atoms with Crippen molar-refractivity contribution in [1.82, 2.24) is 14.5 Å². The third-order valence-electron chi connectivity index (χ3n) is 5.34. The first-order chi connectivity index (χ1) is 14.1. The van der Waals surface area contributed by atoms with Crippen LogP contribution in [-0.4, -0.2) is 44.5 Å². The molecule has 0 radical (unpaired) electrons. The molecule has 1 aromatic heterocycles. The van der Waals surface area contributed by atoms with Crippen LogP contribution in [0.2, 0.25) is 0 Å². The normalized spacial score (nSPS) is 14.8. The number of carbonyl (C=O) groups excluding carboxylic acids is 1.